The molecule has 0 radical (unpaired) electrons. The maximum atomic E-state index is 12.2. The van der Waals surface area contributed by atoms with Crippen LogP contribution in [0.3, 0.4) is 0 Å². The molecule has 9 heteroatoms. The quantitative estimate of drug-likeness (QED) is 0.474. The maximum Gasteiger partial charge on any atom is 0.251 e. The van der Waals surface area contributed by atoms with E-state index in [1.807, 2.05) is 30.5 Å². The molecule has 3 aromatic rings. The molecule has 2 aromatic heterocycles. The Hall–Kier alpha value is -3.04. The first-order valence-corrected chi connectivity index (χ1v) is 11.2. The number of thiophene rings is 1. The van der Waals surface area contributed by atoms with Crippen LogP contribution in [0.5, 0.6) is 0 Å². The lowest BCUT2D eigenvalue weighted by molar-refractivity contribution is -0.120. The lowest BCUT2D eigenvalue weighted by Crippen LogP contribution is -2.25. The fourth-order valence-corrected chi connectivity index (χ4v) is 4.12. The Labute approximate surface area is 182 Å². The Bertz CT molecular complexity index is 1010. The van der Waals surface area contributed by atoms with E-state index in [-0.39, 0.29) is 24.1 Å². The summed E-state index contributed by atoms with van der Waals surface area (Å²) in [4.78, 5) is 41.5. The van der Waals surface area contributed by atoms with Crippen LogP contribution in [0.4, 0.5) is 5.13 Å². The number of nitrogens with one attached hydrogen (secondary N) is 3. The largest absolute Gasteiger partial charge is 0.352 e. The van der Waals surface area contributed by atoms with Crippen molar-refractivity contribution in [2.45, 2.75) is 26.3 Å². The number of carbonyl (C=O) groups excluding carboxylic acids is 3. The molecule has 30 heavy (non-hydrogen) atoms. The molecule has 0 spiro atoms. The van der Waals surface area contributed by atoms with Gasteiger partial charge in [-0.05, 0) is 36.1 Å². The summed E-state index contributed by atoms with van der Waals surface area (Å²) in [5.41, 5.74) is 2.00. The average Bonchev–Trinajstić information content (AvgIpc) is 3.39. The van der Waals surface area contributed by atoms with E-state index in [0.29, 0.717) is 35.9 Å². The SMILES string of the molecule is CCNC(=O)c1cccc(CNC(=O)Cc2csc(NC(=O)Cc3cccs3)n2)c1. The van der Waals surface area contributed by atoms with Gasteiger partial charge in [-0.1, -0.05) is 18.2 Å². The molecule has 0 unspecified atom stereocenters. The fourth-order valence-electron chi connectivity index (χ4n) is 2.69. The summed E-state index contributed by atoms with van der Waals surface area (Å²) < 4.78 is 0. The number of hydrogen-bond acceptors (Lipinski definition) is 6. The first kappa shape index (κ1) is 21.7. The molecule has 0 saturated heterocycles. The van der Waals surface area contributed by atoms with Crippen LogP contribution in [0.1, 0.15) is 33.4 Å². The third-order valence-electron chi connectivity index (χ3n) is 4.07. The number of amides is 3. The lowest BCUT2D eigenvalue weighted by Gasteiger charge is -2.07. The van der Waals surface area contributed by atoms with E-state index in [2.05, 4.69) is 20.9 Å². The summed E-state index contributed by atoms with van der Waals surface area (Å²) in [6.45, 7) is 2.74. The molecule has 0 aliphatic rings. The van der Waals surface area contributed by atoms with Gasteiger partial charge in [-0.15, -0.1) is 22.7 Å². The zero-order valence-corrected chi connectivity index (χ0v) is 18.1. The van der Waals surface area contributed by atoms with Crippen LogP contribution in [-0.4, -0.2) is 29.3 Å². The number of anilines is 1. The predicted octanol–water partition coefficient (Wildman–Crippen LogP) is 2.99. The topological polar surface area (TPSA) is 100 Å². The summed E-state index contributed by atoms with van der Waals surface area (Å²) in [7, 11) is 0. The summed E-state index contributed by atoms with van der Waals surface area (Å²) in [6, 6.07) is 11.0. The second kappa shape index (κ2) is 10.7. The normalized spacial score (nSPS) is 10.4. The monoisotopic (exact) mass is 442 g/mol. The van der Waals surface area contributed by atoms with Crippen molar-refractivity contribution in [2.24, 2.45) is 0 Å². The zero-order valence-electron chi connectivity index (χ0n) is 16.4. The molecule has 0 saturated carbocycles. The molecule has 2 heterocycles. The minimum absolute atomic E-state index is 0.118. The molecule has 0 fully saturated rings. The number of nitrogens with zero attached hydrogens (tertiary/aromatic N) is 1. The van der Waals surface area contributed by atoms with Gasteiger partial charge in [0.05, 0.1) is 18.5 Å². The standard InChI is InChI=1S/C21H22N4O3S2/c1-2-22-20(28)15-6-3-5-14(9-15)12-23-18(26)10-16-13-30-21(24-16)25-19(27)11-17-7-4-8-29-17/h3-9,13H,2,10-12H2,1H3,(H,22,28)(H,23,26)(H,24,25,27). The second-order valence-corrected chi connectivity index (χ2v) is 8.35. The highest BCUT2D eigenvalue weighted by Crippen LogP contribution is 2.17. The van der Waals surface area contributed by atoms with Crippen molar-refractivity contribution in [1.29, 1.82) is 0 Å². The van der Waals surface area contributed by atoms with Gasteiger partial charge in [0, 0.05) is 28.9 Å². The predicted molar refractivity (Wildman–Crippen MR) is 119 cm³/mol. The molecule has 1 aromatic carbocycles. The highest BCUT2D eigenvalue weighted by atomic mass is 32.1. The molecular weight excluding hydrogens is 420 g/mol. The number of carbonyl (C=O) groups is 3. The summed E-state index contributed by atoms with van der Waals surface area (Å²) in [5, 5.41) is 12.5. The summed E-state index contributed by atoms with van der Waals surface area (Å²) in [6.07, 6.45) is 0.426. The van der Waals surface area contributed by atoms with Crippen LogP contribution in [-0.2, 0) is 29.0 Å². The molecule has 3 N–H and O–H groups in total. The molecule has 0 aliphatic heterocycles. The zero-order chi connectivity index (χ0) is 21.3. The van der Waals surface area contributed by atoms with Gasteiger partial charge in [-0.2, -0.15) is 0 Å². The van der Waals surface area contributed by atoms with E-state index in [9.17, 15) is 14.4 Å². The number of thiazole rings is 1. The highest BCUT2D eigenvalue weighted by molar-refractivity contribution is 7.14. The number of aromatic nitrogens is 1. The Kier molecular flexibility index (Phi) is 7.69. The Morgan fingerprint density at radius 1 is 1.00 bits per heavy atom. The first-order chi connectivity index (χ1) is 14.5. The van der Waals surface area contributed by atoms with Gasteiger partial charge in [0.15, 0.2) is 5.13 Å². The van der Waals surface area contributed by atoms with Gasteiger partial charge in [0.25, 0.3) is 5.91 Å². The van der Waals surface area contributed by atoms with E-state index in [1.165, 1.54) is 22.7 Å². The summed E-state index contributed by atoms with van der Waals surface area (Å²) >= 11 is 2.82. The third-order valence-corrected chi connectivity index (χ3v) is 5.75. The van der Waals surface area contributed by atoms with Gasteiger partial charge >= 0.3 is 0 Å². The van der Waals surface area contributed by atoms with E-state index < -0.39 is 0 Å². The second-order valence-electron chi connectivity index (χ2n) is 6.46. The van der Waals surface area contributed by atoms with Crippen LogP contribution >= 0.6 is 22.7 Å². The minimum Gasteiger partial charge on any atom is -0.352 e. The summed E-state index contributed by atoms with van der Waals surface area (Å²) in [5.74, 6) is -0.447. The number of hydrogen-bond donors (Lipinski definition) is 3. The Morgan fingerprint density at radius 3 is 2.63 bits per heavy atom. The van der Waals surface area contributed by atoms with E-state index in [1.54, 1.807) is 23.6 Å². The van der Waals surface area contributed by atoms with Gasteiger partial charge < -0.3 is 16.0 Å². The number of benzene rings is 1. The molecule has 0 aliphatic carbocycles. The van der Waals surface area contributed by atoms with Crippen LogP contribution in [0.15, 0.2) is 47.2 Å². The van der Waals surface area contributed by atoms with Gasteiger partial charge in [-0.25, -0.2) is 4.98 Å². The molecule has 0 bridgehead atoms. The van der Waals surface area contributed by atoms with E-state index >= 15 is 0 Å². The van der Waals surface area contributed by atoms with E-state index in [4.69, 9.17) is 0 Å². The van der Waals surface area contributed by atoms with Crippen molar-refractivity contribution in [1.82, 2.24) is 15.6 Å². The van der Waals surface area contributed by atoms with Crippen molar-refractivity contribution in [3.63, 3.8) is 0 Å². The molecule has 0 atom stereocenters. The Balaban J connectivity index is 1.47. The maximum absolute atomic E-state index is 12.2. The van der Waals surface area contributed by atoms with Gasteiger partial charge in [0.1, 0.15) is 0 Å². The van der Waals surface area contributed by atoms with Gasteiger partial charge in [-0.3, -0.25) is 14.4 Å². The molecule has 7 nitrogen and oxygen atoms in total. The molecule has 156 valence electrons. The van der Waals surface area contributed by atoms with Crippen LogP contribution in [0.25, 0.3) is 0 Å². The van der Waals surface area contributed by atoms with Crippen LogP contribution < -0.4 is 16.0 Å². The lowest BCUT2D eigenvalue weighted by atomic mass is 10.1. The van der Waals surface area contributed by atoms with E-state index in [0.717, 1.165) is 10.4 Å². The fraction of sp³-hybridized carbons (Fsp3) is 0.238. The van der Waals surface area contributed by atoms with Crippen molar-refractivity contribution < 1.29 is 14.4 Å². The van der Waals surface area contributed by atoms with Crippen LogP contribution in [0.2, 0.25) is 0 Å². The first-order valence-electron chi connectivity index (χ1n) is 9.44. The average molecular weight is 443 g/mol. The third kappa shape index (κ3) is 6.50. The van der Waals surface area contributed by atoms with Crippen LogP contribution in [0, 0.1) is 0 Å². The molecule has 3 rings (SSSR count). The van der Waals surface area contributed by atoms with Crippen molar-refractivity contribution in [3.05, 3.63) is 68.9 Å². The molecular formula is C21H22N4O3S2. The van der Waals surface area contributed by atoms with Gasteiger partial charge in [0.2, 0.25) is 11.8 Å². The smallest absolute Gasteiger partial charge is 0.251 e. The number of rotatable bonds is 9. The molecule has 3 amide bonds. The Morgan fingerprint density at radius 2 is 1.87 bits per heavy atom. The highest BCUT2D eigenvalue weighted by Gasteiger charge is 2.11. The van der Waals surface area contributed by atoms with Crippen molar-refractivity contribution >= 4 is 45.5 Å². The minimum atomic E-state index is -0.180. The van der Waals surface area contributed by atoms with Crippen molar-refractivity contribution in [2.75, 3.05) is 11.9 Å². The van der Waals surface area contributed by atoms with Crippen molar-refractivity contribution in [3.8, 4) is 0 Å².